The number of benzene rings is 2. The quantitative estimate of drug-likeness (QED) is 0.0811. The SMILES string of the molecule is Cc1nc(Nc2ncc(C(=O)Nc3c(C)cccc3Cl)s2)cc(N2CCN(CCCCCCOCCOCC(=O)Nc3ccc(N4CCC(=O)NC4=O)cc3)CC2)n1. The van der Waals surface area contributed by atoms with E-state index in [1.807, 2.05) is 32.0 Å². The van der Waals surface area contributed by atoms with Gasteiger partial charge in [0.2, 0.25) is 11.8 Å². The molecule has 2 saturated heterocycles. The molecule has 4 aromatic rings. The molecule has 2 aromatic carbocycles. The number of nitrogens with one attached hydrogen (secondary N) is 4. The highest BCUT2D eigenvalue weighted by molar-refractivity contribution is 7.17. The summed E-state index contributed by atoms with van der Waals surface area (Å²) in [4.78, 5) is 68.9. The van der Waals surface area contributed by atoms with Crippen molar-refractivity contribution in [3.63, 3.8) is 0 Å². The van der Waals surface area contributed by atoms with E-state index in [2.05, 4.69) is 41.0 Å². The van der Waals surface area contributed by atoms with Gasteiger partial charge in [0.15, 0.2) is 5.13 Å². The highest BCUT2D eigenvalue weighted by atomic mass is 35.5. The lowest BCUT2D eigenvalue weighted by Crippen LogP contribution is -2.49. The Hall–Kier alpha value is -5.20. The zero-order valence-electron chi connectivity index (χ0n) is 32.7. The molecule has 0 atom stereocenters. The molecule has 0 bridgehead atoms. The van der Waals surface area contributed by atoms with Crippen molar-refractivity contribution < 1.29 is 28.7 Å². The van der Waals surface area contributed by atoms with E-state index in [0.29, 0.717) is 70.1 Å². The summed E-state index contributed by atoms with van der Waals surface area (Å²) in [5.41, 5.74) is 2.70. The molecule has 0 unspecified atom stereocenters. The van der Waals surface area contributed by atoms with Crippen LogP contribution < -0.4 is 31.1 Å². The maximum absolute atomic E-state index is 12.9. The Morgan fingerprint density at radius 2 is 1.67 bits per heavy atom. The average Bonchev–Trinajstić information content (AvgIpc) is 3.67. The summed E-state index contributed by atoms with van der Waals surface area (Å²) >= 11 is 7.53. The van der Waals surface area contributed by atoms with Gasteiger partial charge in [-0.15, -0.1) is 0 Å². The van der Waals surface area contributed by atoms with Crippen molar-refractivity contribution in [3.8, 4) is 0 Å². The summed E-state index contributed by atoms with van der Waals surface area (Å²) in [5, 5.41) is 12.2. The zero-order valence-corrected chi connectivity index (χ0v) is 34.3. The number of thiazole rings is 1. The van der Waals surface area contributed by atoms with Crippen LogP contribution >= 0.6 is 22.9 Å². The Morgan fingerprint density at radius 3 is 2.45 bits per heavy atom. The van der Waals surface area contributed by atoms with Crippen molar-refractivity contribution in [3.05, 3.63) is 76.0 Å². The lowest BCUT2D eigenvalue weighted by atomic mass is 10.2. The third kappa shape index (κ3) is 12.4. The Kier molecular flexibility index (Phi) is 15.3. The number of halogens is 1. The third-order valence-electron chi connectivity index (χ3n) is 9.58. The molecule has 0 aliphatic carbocycles. The number of rotatable bonds is 19. The van der Waals surface area contributed by atoms with Gasteiger partial charge in [0.05, 0.1) is 30.1 Å². The van der Waals surface area contributed by atoms with Crippen LogP contribution in [0.1, 0.15) is 53.2 Å². The molecule has 6 rings (SSSR count). The normalized spacial score (nSPS) is 14.7. The predicted octanol–water partition coefficient (Wildman–Crippen LogP) is 6.00. The molecular weight excluding hydrogens is 784 g/mol. The van der Waals surface area contributed by atoms with E-state index in [1.165, 1.54) is 22.4 Å². The number of urea groups is 1. The number of aryl methyl sites for hydroxylation is 2. The van der Waals surface area contributed by atoms with Gasteiger partial charge in [-0.3, -0.25) is 29.5 Å². The summed E-state index contributed by atoms with van der Waals surface area (Å²) in [6, 6.07) is 13.8. The molecule has 18 heteroatoms. The van der Waals surface area contributed by atoms with Crippen LogP contribution in [0.2, 0.25) is 5.02 Å². The number of carbonyl (C=O) groups excluding carboxylic acids is 4. The topological polar surface area (TPSA) is 183 Å². The predicted molar refractivity (Wildman–Crippen MR) is 226 cm³/mol. The second-order valence-corrected chi connectivity index (χ2v) is 15.4. The van der Waals surface area contributed by atoms with E-state index in [4.69, 9.17) is 26.1 Å². The number of nitrogens with zero attached hydrogens (tertiary/aromatic N) is 6. The molecule has 0 saturated carbocycles. The van der Waals surface area contributed by atoms with Gasteiger partial charge in [-0.05, 0) is 69.1 Å². The van der Waals surface area contributed by atoms with E-state index in [1.54, 1.807) is 30.3 Å². The van der Waals surface area contributed by atoms with Crippen molar-refractivity contribution in [2.45, 2.75) is 46.0 Å². The number of ether oxygens (including phenoxy) is 2. The molecule has 0 radical (unpaired) electrons. The summed E-state index contributed by atoms with van der Waals surface area (Å²) in [5.74, 6) is 1.30. The van der Waals surface area contributed by atoms with Gasteiger partial charge < -0.3 is 30.3 Å². The van der Waals surface area contributed by atoms with Crippen LogP contribution in [0.25, 0.3) is 0 Å². The van der Waals surface area contributed by atoms with E-state index >= 15 is 0 Å². The molecule has 2 fully saturated rings. The van der Waals surface area contributed by atoms with Gasteiger partial charge in [0.25, 0.3) is 5.91 Å². The van der Waals surface area contributed by atoms with E-state index < -0.39 is 6.03 Å². The van der Waals surface area contributed by atoms with Crippen LogP contribution in [-0.2, 0) is 19.1 Å². The van der Waals surface area contributed by atoms with E-state index in [9.17, 15) is 19.2 Å². The Balaban J connectivity index is 0.793. The first-order valence-corrected chi connectivity index (χ1v) is 20.6. The molecule has 2 aliphatic rings. The number of anilines is 6. The molecule has 58 heavy (non-hydrogen) atoms. The van der Waals surface area contributed by atoms with E-state index in [-0.39, 0.29) is 30.7 Å². The second kappa shape index (κ2) is 21.0. The second-order valence-electron chi connectivity index (χ2n) is 14.0. The summed E-state index contributed by atoms with van der Waals surface area (Å²) in [7, 11) is 0. The fraction of sp³-hybridized carbons (Fsp3) is 0.425. The summed E-state index contributed by atoms with van der Waals surface area (Å²) < 4.78 is 11.1. The average molecular weight is 833 g/mol. The maximum Gasteiger partial charge on any atom is 0.328 e. The minimum absolute atomic E-state index is 0.0871. The summed E-state index contributed by atoms with van der Waals surface area (Å²) in [6.45, 7) is 10.1. The Morgan fingerprint density at radius 1 is 0.897 bits per heavy atom. The fourth-order valence-corrected chi connectivity index (χ4v) is 7.49. The first kappa shape index (κ1) is 42.4. The lowest BCUT2D eigenvalue weighted by molar-refractivity contribution is -0.121. The number of imide groups is 1. The van der Waals surface area contributed by atoms with Crippen molar-refractivity contribution in [2.24, 2.45) is 0 Å². The van der Waals surface area contributed by atoms with Crippen LogP contribution in [0.5, 0.6) is 0 Å². The Labute approximate surface area is 346 Å². The van der Waals surface area contributed by atoms with Crippen LogP contribution in [0.3, 0.4) is 0 Å². The van der Waals surface area contributed by atoms with Gasteiger partial charge in [0.1, 0.15) is 28.9 Å². The maximum atomic E-state index is 12.9. The van der Waals surface area contributed by atoms with Gasteiger partial charge in [-0.25, -0.2) is 19.7 Å². The van der Waals surface area contributed by atoms with Crippen LogP contribution in [0.4, 0.5) is 38.6 Å². The number of para-hydroxylation sites is 1. The molecule has 2 aromatic heterocycles. The first-order valence-electron chi connectivity index (χ1n) is 19.4. The van der Waals surface area contributed by atoms with Crippen molar-refractivity contribution in [1.29, 1.82) is 0 Å². The molecule has 5 amide bonds. The number of unbranched alkanes of at least 4 members (excludes halogenated alkanes) is 3. The van der Waals surface area contributed by atoms with Gasteiger partial charge in [-0.1, -0.05) is 47.9 Å². The van der Waals surface area contributed by atoms with Crippen LogP contribution in [0, 0.1) is 13.8 Å². The molecule has 16 nitrogen and oxygen atoms in total. The standard InChI is InChI=1S/C40H49ClN10O6S/c1-27-8-7-9-31(41)37(27)48-38(54)32-25-42-39(58-32)46-33-24-34(44-28(2)43-33)50-19-17-49(18-20-50)15-5-3-4-6-21-56-22-23-57-26-36(53)45-29-10-12-30(13-11-29)51-16-14-35(52)47-40(51)55/h7-13,24-25H,3-6,14-23,26H2,1-2H3,(H,45,53)(H,48,54)(H,47,52,55)(H,42,43,44,46). The van der Waals surface area contributed by atoms with E-state index in [0.717, 1.165) is 69.8 Å². The number of hydrogen-bond donors (Lipinski definition) is 4. The Bertz CT molecular complexity index is 2020. The third-order valence-corrected chi connectivity index (χ3v) is 10.8. The molecule has 2 aliphatic heterocycles. The number of amides is 5. The van der Waals surface area contributed by atoms with Crippen LogP contribution in [-0.4, -0.2) is 109 Å². The van der Waals surface area contributed by atoms with Gasteiger partial charge in [-0.2, -0.15) is 0 Å². The number of piperazine rings is 1. The molecule has 0 spiro atoms. The van der Waals surface area contributed by atoms with Crippen LogP contribution in [0.15, 0.2) is 54.7 Å². The molecule has 4 N–H and O–H groups in total. The highest BCUT2D eigenvalue weighted by Crippen LogP contribution is 2.29. The number of aromatic nitrogens is 3. The minimum atomic E-state index is -0.452. The zero-order chi connectivity index (χ0) is 40.9. The fourth-order valence-electron chi connectivity index (χ4n) is 6.50. The van der Waals surface area contributed by atoms with Gasteiger partial charge in [0, 0.05) is 63.2 Å². The van der Waals surface area contributed by atoms with Crippen molar-refractivity contribution >= 4 is 80.5 Å². The largest absolute Gasteiger partial charge is 0.379 e. The van der Waals surface area contributed by atoms with Crippen molar-refractivity contribution in [1.82, 2.24) is 25.2 Å². The number of carbonyl (C=O) groups is 4. The monoisotopic (exact) mass is 832 g/mol. The minimum Gasteiger partial charge on any atom is -0.379 e. The van der Waals surface area contributed by atoms with Crippen molar-refractivity contribution in [2.75, 3.05) is 91.4 Å². The smallest absolute Gasteiger partial charge is 0.328 e. The molecule has 308 valence electrons. The highest BCUT2D eigenvalue weighted by Gasteiger charge is 2.24. The van der Waals surface area contributed by atoms with Gasteiger partial charge >= 0.3 is 6.03 Å². The number of hydrogen-bond acceptors (Lipinski definition) is 13. The first-order chi connectivity index (χ1) is 28.1. The lowest BCUT2D eigenvalue weighted by Gasteiger charge is -2.35. The summed E-state index contributed by atoms with van der Waals surface area (Å²) in [6.07, 6.45) is 6.11. The molecular formula is C40H49ClN10O6S. The molecule has 4 heterocycles.